The average Bonchev–Trinajstić information content (AvgIpc) is 2.59. The highest BCUT2D eigenvalue weighted by molar-refractivity contribution is 7.99. The Kier molecular flexibility index (Phi) is 5.03. The molecule has 0 aliphatic carbocycles. The Morgan fingerprint density at radius 2 is 2.04 bits per heavy atom. The van der Waals surface area contributed by atoms with Crippen molar-refractivity contribution < 1.29 is 4.79 Å². The van der Waals surface area contributed by atoms with Crippen molar-refractivity contribution >= 4 is 40.8 Å². The van der Waals surface area contributed by atoms with Gasteiger partial charge in [0.25, 0.3) is 5.91 Å². The van der Waals surface area contributed by atoms with Gasteiger partial charge in [0, 0.05) is 36.5 Å². The molecular formula is C16H17ClN4OS. The van der Waals surface area contributed by atoms with E-state index in [1.807, 2.05) is 35.7 Å². The summed E-state index contributed by atoms with van der Waals surface area (Å²) in [6, 6.07) is 5.48. The molecule has 1 aliphatic rings. The molecule has 0 unspecified atom stereocenters. The normalized spacial score (nSPS) is 14.6. The quantitative estimate of drug-likeness (QED) is 0.921. The Morgan fingerprint density at radius 3 is 2.70 bits per heavy atom. The van der Waals surface area contributed by atoms with Crippen LogP contribution in [0.3, 0.4) is 0 Å². The third-order valence-electron chi connectivity index (χ3n) is 3.56. The van der Waals surface area contributed by atoms with Crippen molar-refractivity contribution in [2.75, 3.05) is 29.9 Å². The molecule has 3 heterocycles. The number of carbonyl (C=O) groups is 1. The molecule has 0 radical (unpaired) electrons. The van der Waals surface area contributed by atoms with Gasteiger partial charge >= 0.3 is 0 Å². The van der Waals surface area contributed by atoms with Gasteiger partial charge in [0.15, 0.2) is 0 Å². The predicted octanol–water partition coefficient (Wildman–Crippen LogP) is 3.37. The molecule has 0 atom stereocenters. The zero-order chi connectivity index (χ0) is 16.2. The van der Waals surface area contributed by atoms with Crippen molar-refractivity contribution in [3.05, 3.63) is 46.9 Å². The largest absolute Gasteiger partial charge is 0.338 e. The second-order valence-electron chi connectivity index (χ2n) is 5.27. The summed E-state index contributed by atoms with van der Waals surface area (Å²) in [7, 11) is 0. The fraction of sp³-hybridized carbons (Fsp3) is 0.312. The summed E-state index contributed by atoms with van der Waals surface area (Å²) in [5, 5.41) is 3.53. The second-order valence-corrected chi connectivity index (χ2v) is 6.90. The third kappa shape index (κ3) is 3.95. The SMILES string of the molecule is Cc1ccc(Nc2ncc(C(=O)N3CCSCC3)cc2Cl)cn1. The van der Waals surface area contributed by atoms with Crippen LogP contribution in [0.5, 0.6) is 0 Å². The van der Waals surface area contributed by atoms with Crippen LogP contribution in [-0.2, 0) is 0 Å². The number of halogens is 1. The summed E-state index contributed by atoms with van der Waals surface area (Å²) >= 11 is 8.14. The van der Waals surface area contributed by atoms with Crippen LogP contribution in [0.4, 0.5) is 11.5 Å². The molecular weight excluding hydrogens is 332 g/mol. The smallest absolute Gasteiger partial charge is 0.255 e. The van der Waals surface area contributed by atoms with Crippen LogP contribution in [0.15, 0.2) is 30.6 Å². The fourth-order valence-corrected chi connectivity index (χ4v) is 3.39. The first-order chi connectivity index (χ1) is 11.1. The lowest BCUT2D eigenvalue weighted by atomic mass is 10.2. The Bertz CT molecular complexity index is 702. The number of amides is 1. The molecule has 1 amide bonds. The molecule has 120 valence electrons. The van der Waals surface area contributed by atoms with Crippen LogP contribution >= 0.6 is 23.4 Å². The van der Waals surface area contributed by atoms with E-state index < -0.39 is 0 Å². The van der Waals surface area contributed by atoms with Crippen LogP contribution < -0.4 is 5.32 Å². The van der Waals surface area contributed by atoms with Gasteiger partial charge in [-0.3, -0.25) is 9.78 Å². The first-order valence-corrected chi connectivity index (χ1v) is 8.89. The van der Waals surface area contributed by atoms with Gasteiger partial charge in [0.05, 0.1) is 22.5 Å². The maximum atomic E-state index is 12.4. The van der Waals surface area contributed by atoms with Crippen molar-refractivity contribution in [3.63, 3.8) is 0 Å². The molecule has 0 saturated carbocycles. The van der Waals surface area contributed by atoms with Crippen molar-refractivity contribution in [3.8, 4) is 0 Å². The molecule has 1 fully saturated rings. The molecule has 2 aromatic rings. The Morgan fingerprint density at radius 1 is 1.26 bits per heavy atom. The predicted molar refractivity (Wildman–Crippen MR) is 94.7 cm³/mol. The molecule has 3 rings (SSSR count). The van der Waals surface area contributed by atoms with Gasteiger partial charge in [-0.1, -0.05) is 11.6 Å². The summed E-state index contributed by atoms with van der Waals surface area (Å²) in [4.78, 5) is 22.8. The average molecular weight is 349 g/mol. The van der Waals surface area contributed by atoms with Crippen LogP contribution in [0.25, 0.3) is 0 Å². The lowest BCUT2D eigenvalue weighted by Gasteiger charge is -2.26. The first kappa shape index (κ1) is 16.1. The van der Waals surface area contributed by atoms with Gasteiger partial charge in [0.2, 0.25) is 0 Å². The summed E-state index contributed by atoms with van der Waals surface area (Å²) < 4.78 is 0. The number of nitrogens with one attached hydrogen (secondary N) is 1. The molecule has 0 aromatic carbocycles. The first-order valence-electron chi connectivity index (χ1n) is 7.36. The number of hydrogen-bond donors (Lipinski definition) is 1. The number of hydrogen-bond acceptors (Lipinski definition) is 5. The number of rotatable bonds is 3. The van der Waals surface area contributed by atoms with Crippen molar-refractivity contribution in [1.82, 2.24) is 14.9 Å². The molecule has 0 spiro atoms. The van der Waals surface area contributed by atoms with Crippen molar-refractivity contribution in [1.29, 1.82) is 0 Å². The third-order valence-corrected chi connectivity index (χ3v) is 4.79. The zero-order valence-corrected chi connectivity index (χ0v) is 14.3. The molecule has 0 bridgehead atoms. The van der Waals surface area contributed by atoms with E-state index in [-0.39, 0.29) is 5.91 Å². The van der Waals surface area contributed by atoms with E-state index in [1.54, 1.807) is 18.5 Å². The minimum absolute atomic E-state index is 0.0109. The number of anilines is 2. The highest BCUT2D eigenvalue weighted by Crippen LogP contribution is 2.24. The van der Waals surface area contributed by atoms with E-state index in [9.17, 15) is 4.79 Å². The maximum Gasteiger partial charge on any atom is 0.255 e. The fourth-order valence-electron chi connectivity index (χ4n) is 2.27. The molecule has 2 aromatic heterocycles. The monoisotopic (exact) mass is 348 g/mol. The van der Waals surface area contributed by atoms with Crippen LogP contribution in [0, 0.1) is 6.92 Å². The lowest BCUT2D eigenvalue weighted by molar-refractivity contribution is 0.0772. The zero-order valence-electron chi connectivity index (χ0n) is 12.8. The Hall–Kier alpha value is -1.79. The highest BCUT2D eigenvalue weighted by Gasteiger charge is 2.19. The van der Waals surface area contributed by atoms with Gasteiger partial charge in [0.1, 0.15) is 5.82 Å². The van der Waals surface area contributed by atoms with E-state index in [0.717, 1.165) is 36.0 Å². The van der Waals surface area contributed by atoms with Crippen molar-refractivity contribution in [2.24, 2.45) is 0 Å². The number of nitrogens with zero attached hydrogens (tertiary/aromatic N) is 3. The second kappa shape index (κ2) is 7.19. The summed E-state index contributed by atoms with van der Waals surface area (Å²) in [5.74, 6) is 2.46. The van der Waals surface area contributed by atoms with Gasteiger partial charge in [-0.15, -0.1) is 0 Å². The number of thioether (sulfide) groups is 1. The van der Waals surface area contributed by atoms with Gasteiger partial charge < -0.3 is 10.2 Å². The number of aromatic nitrogens is 2. The molecule has 23 heavy (non-hydrogen) atoms. The van der Waals surface area contributed by atoms with Crippen LogP contribution in [0.2, 0.25) is 5.02 Å². The van der Waals surface area contributed by atoms with E-state index in [2.05, 4.69) is 15.3 Å². The number of carbonyl (C=O) groups excluding carboxylic acids is 1. The van der Waals surface area contributed by atoms with E-state index >= 15 is 0 Å². The Labute approximate surface area is 144 Å². The molecule has 1 aliphatic heterocycles. The highest BCUT2D eigenvalue weighted by atomic mass is 35.5. The number of pyridine rings is 2. The summed E-state index contributed by atoms with van der Waals surface area (Å²) in [5.41, 5.74) is 2.27. The van der Waals surface area contributed by atoms with E-state index in [0.29, 0.717) is 16.4 Å². The summed E-state index contributed by atoms with van der Waals surface area (Å²) in [6.07, 6.45) is 3.29. The van der Waals surface area contributed by atoms with Crippen LogP contribution in [-0.4, -0.2) is 45.4 Å². The lowest BCUT2D eigenvalue weighted by Crippen LogP contribution is -2.37. The standard InChI is InChI=1S/C16H17ClN4OS/c1-11-2-3-13(10-18-11)20-15-14(17)8-12(9-19-15)16(22)21-4-6-23-7-5-21/h2-3,8-10H,4-7H2,1H3,(H,19,20). The summed E-state index contributed by atoms with van der Waals surface area (Å²) in [6.45, 7) is 3.47. The Balaban J connectivity index is 1.74. The van der Waals surface area contributed by atoms with Crippen LogP contribution in [0.1, 0.15) is 16.1 Å². The van der Waals surface area contributed by atoms with Crippen molar-refractivity contribution in [2.45, 2.75) is 6.92 Å². The van der Waals surface area contributed by atoms with E-state index in [1.165, 1.54) is 0 Å². The van der Waals surface area contributed by atoms with Gasteiger partial charge in [-0.25, -0.2) is 4.98 Å². The number of aryl methyl sites for hydroxylation is 1. The van der Waals surface area contributed by atoms with E-state index in [4.69, 9.17) is 11.6 Å². The molecule has 7 heteroatoms. The minimum Gasteiger partial charge on any atom is -0.338 e. The van der Waals surface area contributed by atoms with Gasteiger partial charge in [-0.2, -0.15) is 11.8 Å². The van der Waals surface area contributed by atoms with Gasteiger partial charge in [-0.05, 0) is 25.1 Å². The molecule has 1 saturated heterocycles. The molecule has 5 nitrogen and oxygen atoms in total. The topological polar surface area (TPSA) is 58.1 Å². The molecule has 1 N–H and O–H groups in total. The maximum absolute atomic E-state index is 12.4. The minimum atomic E-state index is -0.0109.